The Labute approximate surface area is 128 Å². The smallest absolute Gasteiger partial charge is 0.229 e. The zero-order valence-corrected chi connectivity index (χ0v) is 12.9. The van der Waals surface area contributed by atoms with Crippen LogP contribution in [0.15, 0.2) is 29.2 Å². The van der Waals surface area contributed by atoms with Crippen molar-refractivity contribution in [3.05, 3.63) is 24.3 Å². The fraction of sp³-hybridized carbons (Fsp3) is 0.357. The predicted octanol–water partition coefficient (Wildman–Crippen LogP) is 0.568. The van der Waals surface area contributed by atoms with Gasteiger partial charge in [0.15, 0.2) is 9.84 Å². The molecule has 0 radical (unpaired) electrons. The van der Waals surface area contributed by atoms with E-state index in [1.54, 1.807) is 6.07 Å². The van der Waals surface area contributed by atoms with Crippen molar-refractivity contribution in [3.63, 3.8) is 0 Å². The highest BCUT2D eigenvalue weighted by molar-refractivity contribution is 7.90. The lowest BCUT2D eigenvalue weighted by molar-refractivity contribution is -0.138. The molecule has 1 heterocycles. The lowest BCUT2D eigenvalue weighted by Gasteiger charge is -2.13. The number of nitrogens with one attached hydrogen (secondary N) is 1. The maximum atomic E-state index is 11.8. The topological polar surface area (TPSA) is 101 Å². The van der Waals surface area contributed by atoms with Crippen LogP contribution in [0.1, 0.15) is 19.3 Å². The van der Waals surface area contributed by atoms with E-state index in [0.717, 1.165) is 11.2 Å². The number of hydrogen-bond acceptors (Lipinski definition) is 5. The number of benzene rings is 1. The minimum Gasteiger partial charge on any atom is -0.326 e. The van der Waals surface area contributed by atoms with Gasteiger partial charge in [0.2, 0.25) is 17.7 Å². The maximum absolute atomic E-state index is 11.8. The molecule has 1 aliphatic heterocycles. The quantitative estimate of drug-likeness (QED) is 0.798. The molecule has 1 saturated heterocycles. The third-order valence-electron chi connectivity index (χ3n) is 3.26. The van der Waals surface area contributed by atoms with Gasteiger partial charge in [-0.2, -0.15) is 0 Å². The molecule has 8 heteroatoms. The second-order valence-electron chi connectivity index (χ2n) is 5.04. The first-order valence-electron chi connectivity index (χ1n) is 6.70. The summed E-state index contributed by atoms with van der Waals surface area (Å²) in [5, 5.41) is 2.56. The van der Waals surface area contributed by atoms with E-state index in [1.165, 1.54) is 18.2 Å². The normalized spacial score (nSPS) is 15.2. The fourth-order valence-corrected chi connectivity index (χ4v) is 2.78. The minimum atomic E-state index is -3.35. The summed E-state index contributed by atoms with van der Waals surface area (Å²) in [6, 6.07) is 5.89. The Morgan fingerprint density at radius 1 is 1.23 bits per heavy atom. The van der Waals surface area contributed by atoms with Crippen molar-refractivity contribution < 1.29 is 22.8 Å². The fourth-order valence-electron chi connectivity index (χ4n) is 2.11. The number of carbonyl (C=O) groups excluding carboxylic acids is 3. The van der Waals surface area contributed by atoms with Gasteiger partial charge in [-0.15, -0.1) is 0 Å². The molecule has 0 unspecified atom stereocenters. The van der Waals surface area contributed by atoms with Gasteiger partial charge in [-0.05, 0) is 18.2 Å². The molecule has 0 atom stereocenters. The molecule has 0 aromatic heterocycles. The molecule has 0 saturated carbocycles. The minimum absolute atomic E-state index is 0.0272. The molecule has 1 aromatic rings. The molecule has 1 N–H and O–H groups in total. The number of rotatable bonds is 5. The number of nitrogens with zero attached hydrogens (tertiary/aromatic N) is 1. The van der Waals surface area contributed by atoms with E-state index in [-0.39, 0.29) is 42.5 Å². The van der Waals surface area contributed by atoms with Crippen LogP contribution in [0.4, 0.5) is 5.69 Å². The van der Waals surface area contributed by atoms with Crippen molar-refractivity contribution in [1.82, 2.24) is 4.90 Å². The van der Waals surface area contributed by atoms with Gasteiger partial charge in [0.25, 0.3) is 0 Å². The summed E-state index contributed by atoms with van der Waals surface area (Å²) < 4.78 is 22.9. The molecule has 0 spiro atoms. The van der Waals surface area contributed by atoms with E-state index >= 15 is 0 Å². The Morgan fingerprint density at radius 2 is 1.86 bits per heavy atom. The van der Waals surface area contributed by atoms with Crippen LogP contribution in [-0.4, -0.2) is 43.8 Å². The second-order valence-corrected chi connectivity index (χ2v) is 7.05. The molecule has 2 rings (SSSR count). The molecule has 0 bridgehead atoms. The maximum Gasteiger partial charge on any atom is 0.229 e. The van der Waals surface area contributed by atoms with Crippen LogP contribution in [0, 0.1) is 0 Å². The van der Waals surface area contributed by atoms with Crippen LogP contribution in [0.5, 0.6) is 0 Å². The van der Waals surface area contributed by atoms with Crippen LogP contribution in [0.3, 0.4) is 0 Å². The molecule has 1 fully saturated rings. The summed E-state index contributed by atoms with van der Waals surface area (Å²) in [6.45, 7) is 0.0370. The lowest BCUT2D eigenvalue weighted by atomic mass is 10.3. The summed E-state index contributed by atoms with van der Waals surface area (Å²) in [5.41, 5.74) is 0.354. The third-order valence-corrected chi connectivity index (χ3v) is 4.37. The second kappa shape index (κ2) is 6.27. The van der Waals surface area contributed by atoms with Gasteiger partial charge in [0, 0.05) is 37.8 Å². The van der Waals surface area contributed by atoms with Crippen LogP contribution < -0.4 is 5.32 Å². The lowest BCUT2D eigenvalue weighted by Crippen LogP contribution is -2.32. The van der Waals surface area contributed by atoms with E-state index in [0.29, 0.717) is 5.69 Å². The van der Waals surface area contributed by atoms with Gasteiger partial charge in [-0.3, -0.25) is 19.3 Å². The zero-order chi connectivity index (χ0) is 16.3. The van der Waals surface area contributed by atoms with E-state index in [1.807, 2.05) is 0 Å². The molecule has 118 valence electrons. The summed E-state index contributed by atoms with van der Waals surface area (Å²) in [4.78, 5) is 35.9. The summed E-state index contributed by atoms with van der Waals surface area (Å²) in [7, 11) is -3.35. The standard InChI is InChI=1S/C14H16N2O5S/c1-22(20,21)11-4-2-3-10(9-11)15-12(17)7-8-16-13(18)5-6-14(16)19/h2-4,9H,5-8H2,1H3,(H,15,17). The Balaban J connectivity index is 1.95. The Morgan fingerprint density at radius 3 is 2.45 bits per heavy atom. The average Bonchev–Trinajstić information content (AvgIpc) is 2.75. The number of carbonyl (C=O) groups is 3. The third kappa shape index (κ3) is 3.91. The van der Waals surface area contributed by atoms with Crippen LogP contribution >= 0.6 is 0 Å². The monoisotopic (exact) mass is 324 g/mol. The highest BCUT2D eigenvalue weighted by Crippen LogP contribution is 2.16. The molecule has 3 amide bonds. The molecule has 1 aliphatic rings. The molecule has 0 aliphatic carbocycles. The van der Waals surface area contributed by atoms with Gasteiger partial charge in [0.1, 0.15) is 0 Å². The highest BCUT2D eigenvalue weighted by atomic mass is 32.2. The molecular weight excluding hydrogens is 308 g/mol. The first kappa shape index (κ1) is 16.2. The van der Waals surface area contributed by atoms with Crippen molar-refractivity contribution in [2.75, 3.05) is 18.1 Å². The van der Waals surface area contributed by atoms with Crippen molar-refractivity contribution in [2.24, 2.45) is 0 Å². The number of anilines is 1. The van der Waals surface area contributed by atoms with Crippen molar-refractivity contribution in [3.8, 4) is 0 Å². The van der Waals surface area contributed by atoms with Crippen LogP contribution in [0.2, 0.25) is 0 Å². The van der Waals surface area contributed by atoms with Crippen molar-refractivity contribution >= 4 is 33.2 Å². The van der Waals surface area contributed by atoms with Crippen molar-refractivity contribution in [1.29, 1.82) is 0 Å². The zero-order valence-electron chi connectivity index (χ0n) is 12.0. The Kier molecular flexibility index (Phi) is 4.60. The molecule has 22 heavy (non-hydrogen) atoms. The number of likely N-dealkylation sites (tertiary alicyclic amines) is 1. The first-order valence-corrected chi connectivity index (χ1v) is 8.59. The summed E-state index contributed by atoms with van der Waals surface area (Å²) in [6.07, 6.45) is 1.44. The van der Waals surface area contributed by atoms with Gasteiger partial charge in [-0.25, -0.2) is 8.42 Å². The Bertz CT molecular complexity index is 711. The van der Waals surface area contributed by atoms with Crippen molar-refractivity contribution in [2.45, 2.75) is 24.2 Å². The molecule has 7 nitrogen and oxygen atoms in total. The summed E-state index contributed by atoms with van der Waals surface area (Å²) in [5.74, 6) is -0.924. The number of imide groups is 1. The Hall–Kier alpha value is -2.22. The highest BCUT2D eigenvalue weighted by Gasteiger charge is 2.28. The van der Waals surface area contributed by atoms with Crippen LogP contribution in [0.25, 0.3) is 0 Å². The summed E-state index contributed by atoms with van der Waals surface area (Å²) >= 11 is 0. The van der Waals surface area contributed by atoms with Crippen LogP contribution in [-0.2, 0) is 24.2 Å². The van der Waals surface area contributed by atoms with Gasteiger partial charge in [-0.1, -0.05) is 6.07 Å². The van der Waals surface area contributed by atoms with E-state index in [2.05, 4.69) is 5.32 Å². The SMILES string of the molecule is CS(=O)(=O)c1cccc(NC(=O)CCN2C(=O)CCC2=O)c1. The average molecular weight is 324 g/mol. The van der Waals surface area contributed by atoms with Gasteiger partial charge < -0.3 is 5.32 Å². The van der Waals surface area contributed by atoms with Gasteiger partial charge in [0.05, 0.1) is 4.90 Å². The van der Waals surface area contributed by atoms with Gasteiger partial charge >= 0.3 is 0 Å². The predicted molar refractivity (Wildman–Crippen MR) is 78.8 cm³/mol. The van der Waals surface area contributed by atoms with E-state index in [9.17, 15) is 22.8 Å². The number of amides is 3. The van der Waals surface area contributed by atoms with E-state index < -0.39 is 15.7 Å². The number of sulfone groups is 1. The van der Waals surface area contributed by atoms with E-state index in [4.69, 9.17) is 0 Å². The largest absolute Gasteiger partial charge is 0.326 e. The number of hydrogen-bond donors (Lipinski definition) is 1. The first-order chi connectivity index (χ1) is 10.3. The molecular formula is C14H16N2O5S. The molecule has 1 aromatic carbocycles.